The minimum Gasteiger partial charge on any atom is -0.342 e. The lowest BCUT2D eigenvalue weighted by molar-refractivity contribution is -0.142. The van der Waals surface area contributed by atoms with E-state index in [0.717, 1.165) is 50.8 Å². The molecule has 1 saturated heterocycles. The molecule has 1 aliphatic heterocycles. The van der Waals surface area contributed by atoms with E-state index in [4.69, 9.17) is 0 Å². The van der Waals surface area contributed by atoms with Crippen LogP contribution in [0.4, 0.5) is 4.39 Å². The van der Waals surface area contributed by atoms with E-state index in [-0.39, 0.29) is 24.1 Å². The second kappa shape index (κ2) is 6.97. The first-order valence-corrected chi connectivity index (χ1v) is 7.88. The Balaban J connectivity index is 0.00000176. The van der Waals surface area contributed by atoms with Gasteiger partial charge in [0.1, 0.15) is 5.82 Å². The maximum absolute atomic E-state index is 13.5. The summed E-state index contributed by atoms with van der Waals surface area (Å²) in [5.41, 5.74) is 0.392. The van der Waals surface area contributed by atoms with Gasteiger partial charge in [-0.1, -0.05) is 18.6 Å². The number of hydrogen-bond acceptors (Lipinski definition) is 2. The molecule has 122 valence electrons. The van der Waals surface area contributed by atoms with Crippen molar-refractivity contribution >= 4 is 18.3 Å². The van der Waals surface area contributed by atoms with Crippen molar-refractivity contribution < 1.29 is 9.18 Å². The second-order valence-electron chi connectivity index (χ2n) is 6.30. The Morgan fingerprint density at radius 1 is 1.32 bits per heavy atom. The minimum atomic E-state index is -0.464. The molecule has 0 unspecified atom stereocenters. The number of carbonyl (C=O) groups excluding carboxylic acids is 1. The van der Waals surface area contributed by atoms with Gasteiger partial charge in [-0.3, -0.25) is 4.79 Å². The molecule has 1 heterocycles. The van der Waals surface area contributed by atoms with Crippen molar-refractivity contribution in [3.63, 3.8) is 0 Å². The summed E-state index contributed by atoms with van der Waals surface area (Å²) in [6.45, 7) is 1.61. The topological polar surface area (TPSA) is 32.3 Å². The zero-order chi connectivity index (χ0) is 14.9. The lowest BCUT2D eigenvalue weighted by Crippen LogP contribution is -2.54. The lowest BCUT2D eigenvalue weighted by Gasteiger charge is -2.45. The molecular formula is C17H24ClFN2O. The minimum absolute atomic E-state index is 0. The average Bonchev–Trinajstić information content (AvgIpc) is 2.46. The molecule has 0 bridgehead atoms. The molecule has 0 radical (unpaired) electrons. The summed E-state index contributed by atoms with van der Waals surface area (Å²) < 4.78 is 13.5. The number of hydrogen-bond donors (Lipinski definition) is 1. The van der Waals surface area contributed by atoms with Gasteiger partial charge in [0.15, 0.2) is 0 Å². The molecule has 0 aromatic heterocycles. The first-order valence-electron chi connectivity index (χ1n) is 7.88. The summed E-state index contributed by atoms with van der Waals surface area (Å²) in [6, 6.07) is 7.11. The Hall–Kier alpha value is -1.13. The van der Waals surface area contributed by atoms with E-state index in [1.165, 1.54) is 12.1 Å². The first kappa shape index (κ1) is 17.2. The predicted molar refractivity (Wildman–Crippen MR) is 87.8 cm³/mol. The molecule has 5 heteroatoms. The molecule has 3 rings (SSSR count). The molecule has 22 heavy (non-hydrogen) atoms. The molecule has 2 fully saturated rings. The molecule has 1 N–H and O–H groups in total. The van der Waals surface area contributed by atoms with Crippen LogP contribution in [0.2, 0.25) is 0 Å². The Morgan fingerprint density at radius 2 is 2.00 bits per heavy atom. The van der Waals surface area contributed by atoms with E-state index in [1.54, 1.807) is 6.07 Å². The molecule has 1 amide bonds. The molecule has 1 aromatic rings. The molecular weight excluding hydrogens is 303 g/mol. The van der Waals surface area contributed by atoms with Crippen molar-refractivity contribution in [2.75, 3.05) is 20.1 Å². The van der Waals surface area contributed by atoms with Crippen LogP contribution in [0.1, 0.15) is 37.7 Å². The standard InChI is InChI=1S/C17H23FN2O.ClH/c1-19-15-6-10-20(11-7-15)16(21)17(8-3-9-17)13-4-2-5-14(18)12-13;/h2,4-5,12,15,19H,3,6-11H2,1H3;1H. The van der Waals surface area contributed by atoms with Gasteiger partial charge >= 0.3 is 0 Å². The van der Waals surface area contributed by atoms with Crippen molar-refractivity contribution in [2.45, 2.75) is 43.6 Å². The largest absolute Gasteiger partial charge is 0.342 e. The van der Waals surface area contributed by atoms with Gasteiger partial charge in [-0.05, 0) is 50.4 Å². The van der Waals surface area contributed by atoms with Crippen LogP contribution in [-0.4, -0.2) is 37.0 Å². The van der Waals surface area contributed by atoms with Crippen LogP contribution >= 0.6 is 12.4 Å². The number of carbonyl (C=O) groups is 1. The van der Waals surface area contributed by atoms with Crippen molar-refractivity contribution in [1.29, 1.82) is 0 Å². The Bertz CT molecular complexity index is 525. The summed E-state index contributed by atoms with van der Waals surface area (Å²) in [7, 11) is 1.97. The molecule has 1 aromatic carbocycles. The SMILES string of the molecule is CNC1CCN(C(=O)C2(c3cccc(F)c3)CCC2)CC1.Cl. The molecule has 2 aliphatic rings. The van der Waals surface area contributed by atoms with Gasteiger partial charge in [-0.15, -0.1) is 12.4 Å². The quantitative estimate of drug-likeness (QED) is 0.926. The van der Waals surface area contributed by atoms with E-state index in [1.807, 2.05) is 18.0 Å². The van der Waals surface area contributed by atoms with Crippen LogP contribution in [0.25, 0.3) is 0 Å². The fourth-order valence-corrected chi connectivity index (χ4v) is 3.62. The van der Waals surface area contributed by atoms with Gasteiger partial charge in [0.2, 0.25) is 5.91 Å². The van der Waals surface area contributed by atoms with Gasteiger partial charge in [0, 0.05) is 19.1 Å². The van der Waals surface area contributed by atoms with Gasteiger partial charge in [-0.25, -0.2) is 4.39 Å². The monoisotopic (exact) mass is 326 g/mol. The van der Waals surface area contributed by atoms with Crippen LogP contribution in [0.3, 0.4) is 0 Å². The van der Waals surface area contributed by atoms with Crippen molar-refractivity contribution in [2.24, 2.45) is 0 Å². The van der Waals surface area contributed by atoms with Crippen LogP contribution in [-0.2, 0) is 10.2 Å². The first-order chi connectivity index (χ1) is 10.2. The number of amides is 1. The highest BCUT2D eigenvalue weighted by Gasteiger charge is 2.48. The van der Waals surface area contributed by atoms with E-state index in [0.29, 0.717) is 6.04 Å². The Morgan fingerprint density at radius 3 is 2.50 bits per heavy atom. The normalized spacial score (nSPS) is 20.9. The number of benzene rings is 1. The summed E-state index contributed by atoms with van der Waals surface area (Å²) >= 11 is 0. The Labute approximate surface area is 137 Å². The van der Waals surface area contributed by atoms with Gasteiger partial charge in [-0.2, -0.15) is 0 Å². The number of rotatable bonds is 3. The van der Waals surface area contributed by atoms with Crippen LogP contribution < -0.4 is 5.32 Å². The summed E-state index contributed by atoms with van der Waals surface area (Å²) in [5, 5.41) is 3.28. The zero-order valence-corrected chi connectivity index (χ0v) is 13.8. The Kier molecular flexibility index (Phi) is 5.45. The van der Waals surface area contributed by atoms with Crippen molar-refractivity contribution in [1.82, 2.24) is 10.2 Å². The summed E-state index contributed by atoms with van der Waals surface area (Å²) in [4.78, 5) is 15.0. The smallest absolute Gasteiger partial charge is 0.233 e. The highest BCUT2D eigenvalue weighted by Crippen LogP contribution is 2.45. The highest BCUT2D eigenvalue weighted by molar-refractivity contribution is 5.89. The average molecular weight is 327 g/mol. The summed E-state index contributed by atoms with van der Waals surface area (Å²) in [5.74, 6) is -0.0469. The molecule has 3 nitrogen and oxygen atoms in total. The van der Waals surface area contributed by atoms with Crippen LogP contribution in [0.15, 0.2) is 24.3 Å². The van der Waals surface area contributed by atoms with Crippen LogP contribution in [0.5, 0.6) is 0 Å². The maximum atomic E-state index is 13.5. The van der Waals surface area contributed by atoms with Gasteiger partial charge < -0.3 is 10.2 Å². The second-order valence-corrected chi connectivity index (χ2v) is 6.30. The zero-order valence-electron chi connectivity index (χ0n) is 13.0. The predicted octanol–water partition coefficient (Wildman–Crippen LogP) is 2.88. The highest BCUT2D eigenvalue weighted by atomic mass is 35.5. The number of likely N-dealkylation sites (tertiary alicyclic amines) is 1. The van der Waals surface area contributed by atoms with E-state index in [2.05, 4.69) is 5.32 Å². The fourth-order valence-electron chi connectivity index (χ4n) is 3.62. The number of nitrogens with zero attached hydrogens (tertiary/aromatic N) is 1. The van der Waals surface area contributed by atoms with Gasteiger partial charge in [0.25, 0.3) is 0 Å². The maximum Gasteiger partial charge on any atom is 0.233 e. The number of piperidine rings is 1. The van der Waals surface area contributed by atoms with E-state index < -0.39 is 5.41 Å². The molecule has 0 atom stereocenters. The van der Waals surface area contributed by atoms with Crippen LogP contribution in [0, 0.1) is 5.82 Å². The summed E-state index contributed by atoms with van der Waals surface area (Å²) in [6.07, 6.45) is 4.75. The lowest BCUT2D eigenvalue weighted by atomic mass is 9.63. The van der Waals surface area contributed by atoms with E-state index >= 15 is 0 Å². The van der Waals surface area contributed by atoms with Crippen molar-refractivity contribution in [3.05, 3.63) is 35.6 Å². The molecule has 1 saturated carbocycles. The number of halogens is 2. The third-order valence-electron chi connectivity index (χ3n) is 5.18. The third kappa shape index (κ3) is 2.99. The third-order valence-corrected chi connectivity index (χ3v) is 5.18. The molecule has 1 aliphatic carbocycles. The molecule has 0 spiro atoms. The van der Waals surface area contributed by atoms with Gasteiger partial charge in [0.05, 0.1) is 5.41 Å². The van der Waals surface area contributed by atoms with E-state index in [9.17, 15) is 9.18 Å². The fraction of sp³-hybridized carbons (Fsp3) is 0.588. The van der Waals surface area contributed by atoms with Crippen molar-refractivity contribution in [3.8, 4) is 0 Å². The number of nitrogens with one attached hydrogen (secondary N) is 1.